The zero-order valence-electron chi connectivity index (χ0n) is 19.7. The van der Waals surface area contributed by atoms with Gasteiger partial charge in [-0.3, -0.25) is 0 Å². The molecule has 0 aliphatic heterocycles. The lowest BCUT2D eigenvalue weighted by atomic mass is 9.76. The fourth-order valence-electron chi connectivity index (χ4n) is 5.74. The summed E-state index contributed by atoms with van der Waals surface area (Å²) < 4.78 is 14.3. The summed E-state index contributed by atoms with van der Waals surface area (Å²) >= 11 is 0. The second kappa shape index (κ2) is 12.7. The van der Waals surface area contributed by atoms with E-state index in [1.54, 1.807) is 11.6 Å². The van der Waals surface area contributed by atoms with Gasteiger partial charge in [0.15, 0.2) is 0 Å². The van der Waals surface area contributed by atoms with Crippen molar-refractivity contribution in [3.63, 3.8) is 0 Å². The summed E-state index contributed by atoms with van der Waals surface area (Å²) in [4.78, 5) is 0. The zero-order chi connectivity index (χ0) is 21.2. The van der Waals surface area contributed by atoms with Crippen molar-refractivity contribution in [2.75, 3.05) is 0 Å². The van der Waals surface area contributed by atoms with Crippen LogP contribution in [0.3, 0.4) is 0 Å². The fourth-order valence-corrected chi connectivity index (χ4v) is 5.74. The first-order valence-electron chi connectivity index (χ1n) is 13.1. The molecule has 30 heavy (non-hydrogen) atoms. The van der Waals surface area contributed by atoms with Gasteiger partial charge in [-0.15, -0.1) is 0 Å². The zero-order valence-corrected chi connectivity index (χ0v) is 19.7. The van der Waals surface area contributed by atoms with Crippen molar-refractivity contribution in [2.24, 2.45) is 17.8 Å². The van der Waals surface area contributed by atoms with Crippen LogP contribution in [0.5, 0.6) is 0 Å². The Morgan fingerprint density at radius 3 is 2.17 bits per heavy atom. The van der Waals surface area contributed by atoms with Crippen molar-refractivity contribution >= 4 is 0 Å². The number of hydrogen-bond acceptors (Lipinski definition) is 0. The van der Waals surface area contributed by atoms with Gasteiger partial charge in [0.05, 0.1) is 0 Å². The predicted molar refractivity (Wildman–Crippen MR) is 128 cm³/mol. The lowest BCUT2D eigenvalue weighted by Gasteiger charge is -2.30. The van der Waals surface area contributed by atoms with Crippen molar-refractivity contribution < 1.29 is 4.39 Å². The molecule has 168 valence electrons. The maximum absolute atomic E-state index is 14.3. The standard InChI is InChI=1S/C29H45F/c1-3-5-7-28-21-20-27(22-29(28)30)19-18-26-16-14-25(15-17-26)13-12-24-10-8-23(6-4-2)9-11-24/h16,20-25H,3-15,17-19H2,1-2H3. The number of unbranched alkanes of at least 4 members (excludes halogenated alkanes) is 1. The van der Waals surface area contributed by atoms with Crippen molar-refractivity contribution in [1.29, 1.82) is 0 Å². The molecule has 0 heterocycles. The maximum atomic E-state index is 14.3. The van der Waals surface area contributed by atoms with Gasteiger partial charge >= 0.3 is 0 Å². The van der Waals surface area contributed by atoms with E-state index in [0.29, 0.717) is 0 Å². The SMILES string of the molecule is CCCCc1ccc(CCC2=CCC(CCC3CCC(CCC)CC3)CC2)cc1F. The van der Waals surface area contributed by atoms with Crippen molar-refractivity contribution in [3.05, 3.63) is 46.8 Å². The summed E-state index contributed by atoms with van der Waals surface area (Å²) in [5.74, 6) is 2.96. The molecule has 1 fully saturated rings. The van der Waals surface area contributed by atoms with E-state index in [-0.39, 0.29) is 5.82 Å². The topological polar surface area (TPSA) is 0 Å². The van der Waals surface area contributed by atoms with Crippen LogP contribution in [0.25, 0.3) is 0 Å². The lowest BCUT2D eigenvalue weighted by Crippen LogP contribution is -2.16. The Morgan fingerprint density at radius 1 is 0.800 bits per heavy atom. The number of rotatable bonds is 11. The summed E-state index contributed by atoms with van der Waals surface area (Å²) in [5.41, 5.74) is 3.66. The van der Waals surface area contributed by atoms with Gasteiger partial charge in [-0.2, -0.15) is 0 Å². The molecule has 0 aromatic heterocycles. The first kappa shape index (κ1) is 23.6. The highest BCUT2D eigenvalue weighted by atomic mass is 19.1. The van der Waals surface area contributed by atoms with Crippen molar-refractivity contribution in [3.8, 4) is 0 Å². The molecule has 0 nitrogen and oxygen atoms in total. The molecule has 3 rings (SSSR count). The third-order valence-corrected chi connectivity index (χ3v) is 7.91. The van der Waals surface area contributed by atoms with Gasteiger partial charge in [0, 0.05) is 0 Å². The first-order valence-corrected chi connectivity index (χ1v) is 13.1. The summed E-state index contributed by atoms with van der Waals surface area (Å²) in [6.07, 6.45) is 23.3. The second-order valence-electron chi connectivity index (χ2n) is 10.3. The van der Waals surface area contributed by atoms with E-state index in [9.17, 15) is 4.39 Å². The molecule has 1 unspecified atom stereocenters. The Balaban J connectivity index is 1.34. The maximum Gasteiger partial charge on any atom is 0.126 e. The quantitative estimate of drug-likeness (QED) is 0.318. The third kappa shape index (κ3) is 7.54. The summed E-state index contributed by atoms with van der Waals surface area (Å²) in [7, 11) is 0. The van der Waals surface area contributed by atoms with Crippen LogP contribution in [0, 0.1) is 23.6 Å². The Labute approximate surface area is 185 Å². The fraction of sp³-hybridized carbons (Fsp3) is 0.724. The van der Waals surface area contributed by atoms with Crippen LogP contribution in [0.1, 0.15) is 115 Å². The van der Waals surface area contributed by atoms with Gasteiger partial charge in [0.2, 0.25) is 0 Å². The van der Waals surface area contributed by atoms with Crippen LogP contribution in [-0.4, -0.2) is 0 Å². The van der Waals surface area contributed by atoms with E-state index in [2.05, 4.69) is 26.0 Å². The third-order valence-electron chi connectivity index (χ3n) is 7.91. The van der Waals surface area contributed by atoms with Crippen LogP contribution in [0.15, 0.2) is 29.8 Å². The number of aryl methyl sites for hydroxylation is 2. The highest BCUT2D eigenvalue weighted by Crippen LogP contribution is 2.36. The highest BCUT2D eigenvalue weighted by molar-refractivity contribution is 5.25. The molecule has 1 saturated carbocycles. The molecule has 0 spiro atoms. The molecular formula is C29H45F. The average molecular weight is 413 g/mol. The molecule has 1 aromatic rings. The molecule has 2 aliphatic carbocycles. The molecule has 0 saturated heterocycles. The van der Waals surface area contributed by atoms with Gasteiger partial charge in [-0.05, 0) is 86.3 Å². The van der Waals surface area contributed by atoms with Crippen LogP contribution >= 0.6 is 0 Å². The molecule has 0 N–H and O–H groups in total. The Bertz CT molecular complexity index is 650. The monoisotopic (exact) mass is 412 g/mol. The summed E-state index contributed by atoms with van der Waals surface area (Å²) in [6.45, 7) is 4.49. The molecule has 0 amide bonds. The molecule has 2 aliphatic rings. The van der Waals surface area contributed by atoms with E-state index >= 15 is 0 Å². The van der Waals surface area contributed by atoms with Gasteiger partial charge in [-0.25, -0.2) is 4.39 Å². The normalized spacial score (nSPS) is 24.6. The second-order valence-corrected chi connectivity index (χ2v) is 10.3. The van der Waals surface area contributed by atoms with E-state index in [1.165, 1.54) is 70.6 Å². The highest BCUT2D eigenvalue weighted by Gasteiger charge is 2.22. The average Bonchev–Trinajstić information content (AvgIpc) is 2.77. The molecule has 0 bridgehead atoms. The van der Waals surface area contributed by atoms with E-state index in [0.717, 1.165) is 61.0 Å². The van der Waals surface area contributed by atoms with Crippen molar-refractivity contribution in [1.82, 2.24) is 0 Å². The number of allylic oxidation sites excluding steroid dienone is 2. The molecule has 0 radical (unpaired) electrons. The number of hydrogen-bond donors (Lipinski definition) is 0. The lowest BCUT2D eigenvalue weighted by molar-refractivity contribution is 0.236. The Kier molecular flexibility index (Phi) is 9.95. The van der Waals surface area contributed by atoms with Gasteiger partial charge < -0.3 is 0 Å². The minimum Gasteiger partial charge on any atom is -0.207 e. The molecule has 1 heteroatoms. The Morgan fingerprint density at radius 2 is 1.53 bits per heavy atom. The van der Waals surface area contributed by atoms with Crippen LogP contribution in [-0.2, 0) is 12.8 Å². The smallest absolute Gasteiger partial charge is 0.126 e. The van der Waals surface area contributed by atoms with E-state index in [4.69, 9.17) is 0 Å². The van der Waals surface area contributed by atoms with Crippen LogP contribution in [0.4, 0.5) is 4.39 Å². The van der Waals surface area contributed by atoms with E-state index < -0.39 is 0 Å². The number of halogens is 1. The van der Waals surface area contributed by atoms with Gasteiger partial charge in [0.1, 0.15) is 5.82 Å². The number of benzene rings is 1. The van der Waals surface area contributed by atoms with Crippen molar-refractivity contribution in [2.45, 2.75) is 117 Å². The van der Waals surface area contributed by atoms with Crippen LogP contribution in [0.2, 0.25) is 0 Å². The van der Waals surface area contributed by atoms with Gasteiger partial charge in [-0.1, -0.05) is 89.0 Å². The molecular weight excluding hydrogens is 367 g/mol. The minimum atomic E-state index is 0.00219. The summed E-state index contributed by atoms with van der Waals surface area (Å²) in [6, 6.07) is 5.95. The van der Waals surface area contributed by atoms with Gasteiger partial charge in [0.25, 0.3) is 0 Å². The largest absolute Gasteiger partial charge is 0.207 e. The Hall–Kier alpha value is -1.11. The van der Waals surface area contributed by atoms with E-state index in [1.807, 2.05) is 6.07 Å². The first-order chi connectivity index (χ1) is 14.7. The summed E-state index contributed by atoms with van der Waals surface area (Å²) in [5, 5.41) is 0. The molecule has 1 atom stereocenters. The predicted octanol–water partition coefficient (Wildman–Crippen LogP) is 9.21. The minimum absolute atomic E-state index is 0.00219. The van der Waals surface area contributed by atoms with Crippen LogP contribution < -0.4 is 0 Å². The molecule has 1 aromatic carbocycles.